The Hall–Kier alpha value is -4.34. The minimum atomic E-state index is -0.360. The van der Waals surface area contributed by atoms with E-state index in [2.05, 4.69) is 25.6 Å². The molecule has 10 heteroatoms. The molecule has 3 aromatic heterocycles. The molecule has 0 fully saturated rings. The number of aromatic nitrogens is 3. The standard InChI is InChI=1S/C28H20ClN5O3S/c1-14-7-20(21-8-17-12-32-26(35)19(17)10-23(21)37-2)22(13-30-14)27(36)34-28-33-25-24(38-28)9-16(11-31-25)15-3-5-18(29)6-4-15/h3-11,13H,12H2,1-2H3,(H,32,35)(H,31,33,34,36). The predicted octanol–water partition coefficient (Wildman–Crippen LogP) is 5.89. The minimum absolute atomic E-state index is 0.141. The van der Waals surface area contributed by atoms with Gasteiger partial charge >= 0.3 is 0 Å². The van der Waals surface area contributed by atoms with Gasteiger partial charge in [-0.25, -0.2) is 4.98 Å². The van der Waals surface area contributed by atoms with Crippen LogP contribution in [0.2, 0.25) is 5.02 Å². The van der Waals surface area contributed by atoms with Gasteiger partial charge in [-0.2, -0.15) is 4.98 Å². The molecule has 4 heterocycles. The molecule has 188 valence electrons. The Morgan fingerprint density at radius 2 is 1.84 bits per heavy atom. The number of carbonyl (C=O) groups excluding carboxylic acids is 2. The lowest BCUT2D eigenvalue weighted by Crippen LogP contribution is -2.14. The second-order valence-electron chi connectivity index (χ2n) is 8.79. The summed E-state index contributed by atoms with van der Waals surface area (Å²) in [6, 6.07) is 14.9. The number of nitrogens with one attached hydrogen (secondary N) is 2. The summed E-state index contributed by atoms with van der Waals surface area (Å²) >= 11 is 7.35. The third-order valence-electron chi connectivity index (χ3n) is 6.33. The van der Waals surface area contributed by atoms with E-state index in [4.69, 9.17) is 16.3 Å². The molecule has 0 saturated carbocycles. The summed E-state index contributed by atoms with van der Waals surface area (Å²) in [6.07, 6.45) is 3.29. The van der Waals surface area contributed by atoms with Crippen molar-refractivity contribution >= 4 is 50.2 Å². The Labute approximate surface area is 226 Å². The number of pyridine rings is 2. The SMILES string of the molecule is COc1cc2c(cc1-c1cc(C)ncc1C(=O)Nc1nc3ncc(-c4ccc(Cl)cc4)cc3s1)CNC2=O. The molecule has 8 nitrogen and oxygen atoms in total. The van der Waals surface area contributed by atoms with Gasteiger partial charge in [0.1, 0.15) is 5.75 Å². The molecule has 0 spiro atoms. The van der Waals surface area contributed by atoms with E-state index in [-0.39, 0.29) is 11.8 Å². The van der Waals surface area contributed by atoms with Crippen LogP contribution >= 0.6 is 22.9 Å². The van der Waals surface area contributed by atoms with Gasteiger partial charge in [-0.15, -0.1) is 0 Å². The highest BCUT2D eigenvalue weighted by Gasteiger charge is 2.25. The zero-order valence-corrected chi connectivity index (χ0v) is 21.9. The Bertz CT molecular complexity index is 1750. The fourth-order valence-electron chi connectivity index (χ4n) is 4.43. The summed E-state index contributed by atoms with van der Waals surface area (Å²) in [4.78, 5) is 39.0. The molecule has 2 aromatic carbocycles. The van der Waals surface area contributed by atoms with Crippen molar-refractivity contribution in [2.24, 2.45) is 0 Å². The summed E-state index contributed by atoms with van der Waals surface area (Å²) in [5.41, 5.74) is 6.34. The van der Waals surface area contributed by atoms with Crippen LogP contribution in [0.3, 0.4) is 0 Å². The van der Waals surface area contributed by atoms with Crippen molar-refractivity contribution in [1.29, 1.82) is 0 Å². The van der Waals surface area contributed by atoms with Crippen molar-refractivity contribution in [3.63, 3.8) is 0 Å². The van der Waals surface area contributed by atoms with Crippen molar-refractivity contribution in [3.05, 3.63) is 88.3 Å². The number of thiazole rings is 1. The first-order valence-electron chi connectivity index (χ1n) is 11.7. The van der Waals surface area contributed by atoms with Gasteiger partial charge in [0.05, 0.1) is 17.4 Å². The van der Waals surface area contributed by atoms with Crippen LogP contribution in [0.1, 0.15) is 32.0 Å². The molecule has 1 aliphatic rings. The molecule has 1 aliphatic heterocycles. The van der Waals surface area contributed by atoms with E-state index in [1.807, 2.05) is 49.4 Å². The maximum absolute atomic E-state index is 13.5. The van der Waals surface area contributed by atoms with Crippen molar-refractivity contribution < 1.29 is 14.3 Å². The minimum Gasteiger partial charge on any atom is -0.496 e. The summed E-state index contributed by atoms with van der Waals surface area (Å²) < 4.78 is 6.44. The first-order valence-corrected chi connectivity index (χ1v) is 12.9. The summed E-state index contributed by atoms with van der Waals surface area (Å²) in [5, 5.41) is 6.81. The number of hydrogen-bond donors (Lipinski definition) is 2. The number of ether oxygens (including phenoxy) is 1. The number of benzene rings is 2. The van der Waals surface area contributed by atoms with E-state index in [1.165, 1.54) is 18.4 Å². The quantitative estimate of drug-likeness (QED) is 0.287. The number of fused-ring (bicyclic) bond motifs is 2. The Kier molecular flexibility index (Phi) is 6.01. The molecule has 6 rings (SSSR count). The number of nitrogens with zero attached hydrogens (tertiary/aromatic N) is 3. The molecule has 5 aromatic rings. The molecule has 0 atom stereocenters. The molecule has 0 bridgehead atoms. The van der Waals surface area contributed by atoms with Crippen LogP contribution < -0.4 is 15.4 Å². The van der Waals surface area contributed by atoms with Gasteiger partial charge in [0.25, 0.3) is 11.8 Å². The fraction of sp³-hybridized carbons (Fsp3) is 0.107. The van der Waals surface area contributed by atoms with Gasteiger partial charge in [-0.1, -0.05) is 35.1 Å². The molecule has 0 radical (unpaired) electrons. The van der Waals surface area contributed by atoms with Gasteiger partial charge in [-0.05, 0) is 54.4 Å². The maximum atomic E-state index is 13.5. The smallest absolute Gasteiger partial charge is 0.259 e. The van der Waals surface area contributed by atoms with Gasteiger partial charge < -0.3 is 10.1 Å². The lowest BCUT2D eigenvalue weighted by Gasteiger charge is -2.14. The highest BCUT2D eigenvalue weighted by Crippen LogP contribution is 2.37. The Balaban J connectivity index is 1.34. The molecular weight excluding hydrogens is 522 g/mol. The number of hydrogen-bond acceptors (Lipinski definition) is 7. The van der Waals surface area contributed by atoms with Gasteiger partial charge in [0.15, 0.2) is 10.8 Å². The van der Waals surface area contributed by atoms with Crippen LogP contribution in [0, 0.1) is 6.92 Å². The van der Waals surface area contributed by atoms with Gasteiger partial charge in [0, 0.05) is 51.9 Å². The highest BCUT2D eigenvalue weighted by molar-refractivity contribution is 7.22. The van der Waals surface area contributed by atoms with Crippen LogP contribution in [0.15, 0.2) is 60.9 Å². The summed E-state index contributed by atoms with van der Waals surface area (Å²) in [7, 11) is 1.54. The number of anilines is 1. The first-order chi connectivity index (χ1) is 18.4. The fourth-order valence-corrected chi connectivity index (χ4v) is 5.42. The number of rotatable bonds is 5. The zero-order valence-electron chi connectivity index (χ0n) is 20.3. The number of aryl methyl sites for hydroxylation is 1. The third-order valence-corrected chi connectivity index (χ3v) is 7.49. The average Bonchev–Trinajstić information content (AvgIpc) is 3.49. The Morgan fingerprint density at radius 3 is 2.63 bits per heavy atom. The van der Waals surface area contributed by atoms with E-state index in [0.717, 1.165) is 27.1 Å². The van der Waals surface area contributed by atoms with E-state index >= 15 is 0 Å². The molecule has 0 saturated heterocycles. The lowest BCUT2D eigenvalue weighted by molar-refractivity contribution is 0.0964. The van der Waals surface area contributed by atoms with Crippen LogP contribution in [0.25, 0.3) is 32.6 Å². The monoisotopic (exact) mass is 541 g/mol. The van der Waals surface area contributed by atoms with Crippen molar-refractivity contribution in [3.8, 4) is 28.0 Å². The van der Waals surface area contributed by atoms with E-state index in [0.29, 0.717) is 50.3 Å². The van der Waals surface area contributed by atoms with E-state index in [9.17, 15) is 9.59 Å². The van der Waals surface area contributed by atoms with Crippen LogP contribution in [-0.2, 0) is 6.54 Å². The largest absolute Gasteiger partial charge is 0.496 e. The number of methoxy groups -OCH3 is 1. The molecule has 0 unspecified atom stereocenters. The summed E-state index contributed by atoms with van der Waals surface area (Å²) in [6.45, 7) is 2.28. The zero-order chi connectivity index (χ0) is 26.4. The van der Waals surface area contributed by atoms with Gasteiger partial charge in [-0.3, -0.25) is 19.9 Å². The predicted molar refractivity (Wildman–Crippen MR) is 148 cm³/mol. The van der Waals surface area contributed by atoms with Crippen molar-refractivity contribution in [2.45, 2.75) is 13.5 Å². The number of halogens is 1. The van der Waals surface area contributed by atoms with Crippen molar-refractivity contribution in [1.82, 2.24) is 20.3 Å². The maximum Gasteiger partial charge on any atom is 0.259 e. The normalized spacial score (nSPS) is 12.3. The highest BCUT2D eigenvalue weighted by atomic mass is 35.5. The average molecular weight is 542 g/mol. The second-order valence-corrected chi connectivity index (χ2v) is 10.3. The summed E-state index contributed by atoms with van der Waals surface area (Å²) in [5.74, 6) is -0.00186. The Morgan fingerprint density at radius 1 is 1.03 bits per heavy atom. The van der Waals surface area contributed by atoms with Crippen LogP contribution in [-0.4, -0.2) is 33.9 Å². The lowest BCUT2D eigenvalue weighted by atomic mass is 9.95. The molecule has 2 N–H and O–H groups in total. The van der Waals surface area contributed by atoms with E-state index in [1.54, 1.807) is 18.5 Å². The number of carbonyl (C=O) groups is 2. The number of amides is 2. The topological polar surface area (TPSA) is 106 Å². The second kappa shape index (κ2) is 9.51. The van der Waals surface area contributed by atoms with E-state index < -0.39 is 0 Å². The van der Waals surface area contributed by atoms with Crippen molar-refractivity contribution in [2.75, 3.05) is 12.4 Å². The third kappa shape index (κ3) is 4.36. The first kappa shape index (κ1) is 24.0. The van der Waals surface area contributed by atoms with Gasteiger partial charge in [0.2, 0.25) is 0 Å². The molecule has 38 heavy (non-hydrogen) atoms. The van der Waals surface area contributed by atoms with Crippen LogP contribution in [0.5, 0.6) is 5.75 Å². The molecule has 2 amide bonds. The van der Waals surface area contributed by atoms with Crippen LogP contribution in [0.4, 0.5) is 5.13 Å². The molecular formula is C28H20ClN5O3S. The molecule has 0 aliphatic carbocycles.